The van der Waals surface area contributed by atoms with Crippen molar-refractivity contribution in [3.8, 4) is 11.6 Å². The van der Waals surface area contributed by atoms with E-state index in [1.807, 2.05) is 13.8 Å². The molecule has 2 aromatic rings. The highest BCUT2D eigenvalue weighted by Gasteiger charge is 2.23. The number of benzene rings is 1. The van der Waals surface area contributed by atoms with Crippen LogP contribution in [0.3, 0.4) is 0 Å². The first kappa shape index (κ1) is 14.0. The Labute approximate surface area is 119 Å². The van der Waals surface area contributed by atoms with Gasteiger partial charge < -0.3 is 10.5 Å². The minimum absolute atomic E-state index is 0.205. The normalized spacial score (nSPS) is 10.3. The van der Waals surface area contributed by atoms with Crippen molar-refractivity contribution in [1.82, 2.24) is 9.97 Å². The average molecular weight is 295 g/mol. The van der Waals surface area contributed by atoms with Crippen molar-refractivity contribution in [2.45, 2.75) is 13.8 Å². The minimum atomic E-state index is -0.680. The van der Waals surface area contributed by atoms with E-state index in [4.69, 9.17) is 22.1 Å². The number of aryl methyl sites for hydroxylation is 2. The van der Waals surface area contributed by atoms with Gasteiger partial charge in [-0.15, -0.1) is 0 Å². The van der Waals surface area contributed by atoms with Crippen LogP contribution in [0.15, 0.2) is 18.5 Å². The Hall–Kier alpha value is -2.41. The highest BCUT2D eigenvalue weighted by atomic mass is 35.5. The van der Waals surface area contributed by atoms with Crippen LogP contribution in [-0.4, -0.2) is 14.9 Å². The van der Waals surface area contributed by atoms with Crippen molar-refractivity contribution >= 4 is 23.1 Å². The fourth-order valence-corrected chi connectivity index (χ4v) is 1.81. The Morgan fingerprint density at radius 1 is 1.30 bits per heavy atom. The number of ether oxygens (including phenoxy) is 1. The van der Waals surface area contributed by atoms with Crippen LogP contribution < -0.4 is 10.5 Å². The molecule has 0 saturated heterocycles. The Morgan fingerprint density at radius 2 is 1.90 bits per heavy atom. The van der Waals surface area contributed by atoms with E-state index in [1.54, 1.807) is 12.1 Å². The number of aromatic nitrogens is 2. The standard InChI is InChI=1S/C12H11ClN4O3/c1-6-3-8(4-7(2)9(6)13)20-12-10(17(18)19)11(14)15-5-16-12/h3-5H,1-2H3,(H2,14,15,16). The second-order valence-electron chi connectivity index (χ2n) is 4.14. The molecule has 1 aromatic carbocycles. The zero-order valence-corrected chi connectivity index (χ0v) is 11.5. The summed E-state index contributed by atoms with van der Waals surface area (Å²) in [5.74, 6) is -0.0587. The van der Waals surface area contributed by atoms with Gasteiger partial charge in [0.25, 0.3) is 0 Å². The molecule has 104 valence electrons. The van der Waals surface area contributed by atoms with Gasteiger partial charge in [0, 0.05) is 5.02 Å². The van der Waals surface area contributed by atoms with Gasteiger partial charge in [-0.25, -0.2) is 4.98 Å². The highest BCUT2D eigenvalue weighted by Crippen LogP contribution is 2.34. The fraction of sp³-hybridized carbons (Fsp3) is 0.167. The van der Waals surface area contributed by atoms with Crippen LogP contribution in [0.2, 0.25) is 5.02 Å². The van der Waals surface area contributed by atoms with Gasteiger partial charge >= 0.3 is 11.6 Å². The molecule has 1 heterocycles. The van der Waals surface area contributed by atoms with Gasteiger partial charge in [-0.1, -0.05) is 11.6 Å². The number of rotatable bonds is 3. The van der Waals surface area contributed by atoms with Crippen molar-refractivity contribution in [1.29, 1.82) is 0 Å². The predicted molar refractivity (Wildman–Crippen MR) is 74.1 cm³/mol. The van der Waals surface area contributed by atoms with Crippen molar-refractivity contribution in [2.75, 3.05) is 5.73 Å². The smallest absolute Gasteiger partial charge is 0.372 e. The van der Waals surface area contributed by atoms with Crippen LogP contribution in [0, 0.1) is 24.0 Å². The summed E-state index contributed by atoms with van der Waals surface area (Å²) in [5.41, 5.74) is 6.60. The Bertz CT molecular complexity index is 667. The number of halogens is 1. The molecule has 0 unspecified atom stereocenters. The molecule has 0 atom stereocenters. The van der Waals surface area contributed by atoms with Gasteiger partial charge in [0.15, 0.2) is 0 Å². The molecule has 20 heavy (non-hydrogen) atoms. The molecule has 2 N–H and O–H groups in total. The summed E-state index contributed by atoms with van der Waals surface area (Å²) in [6.45, 7) is 3.62. The first-order valence-corrected chi connectivity index (χ1v) is 5.97. The van der Waals surface area contributed by atoms with E-state index in [9.17, 15) is 10.1 Å². The molecule has 0 amide bonds. The Balaban J connectivity index is 2.45. The van der Waals surface area contributed by atoms with Crippen molar-refractivity contribution in [3.05, 3.63) is 44.7 Å². The number of nitrogens with two attached hydrogens (primary N) is 1. The molecule has 0 spiro atoms. The molecule has 0 bridgehead atoms. The molecule has 0 radical (unpaired) electrons. The van der Waals surface area contributed by atoms with Crippen molar-refractivity contribution in [3.63, 3.8) is 0 Å². The van der Waals surface area contributed by atoms with Gasteiger partial charge in [-0.05, 0) is 37.1 Å². The minimum Gasteiger partial charge on any atom is -0.434 e. The number of nitro groups is 1. The van der Waals surface area contributed by atoms with E-state index in [2.05, 4.69) is 9.97 Å². The molecule has 8 heteroatoms. The SMILES string of the molecule is Cc1cc(Oc2ncnc(N)c2[N+](=O)[O-])cc(C)c1Cl. The maximum atomic E-state index is 11.0. The van der Waals surface area contributed by atoms with Gasteiger partial charge in [0.05, 0.1) is 4.92 Å². The maximum absolute atomic E-state index is 11.0. The molecular formula is C12H11ClN4O3. The topological polar surface area (TPSA) is 104 Å². The summed E-state index contributed by atoms with van der Waals surface area (Å²) in [6, 6.07) is 3.33. The van der Waals surface area contributed by atoms with Crippen LogP contribution in [0.5, 0.6) is 11.6 Å². The zero-order valence-electron chi connectivity index (χ0n) is 10.8. The quantitative estimate of drug-likeness (QED) is 0.689. The molecule has 0 aliphatic carbocycles. The Morgan fingerprint density at radius 3 is 2.45 bits per heavy atom. The molecule has 0 saturated carbocycles. The fourth-order valence-electron chi connectivity index (χ4n) is 1.70. The summed E-state index contributed by atoms with van der Waals surface area (Å²) in [5, 5.41) is 11.6. The predicted octanol–water partition coefficient (Wildman–Crippen LogP) is 3.03. The van der Waals surface area contributed by atoms with E-state index in [-0.39, 0.29) is 11.7 Å². The van der Waals surface area contributed by atoms with Crippen LogP contribution in [0.25, 0.3) is 0 Å². The van der Waals surface area contributed by atoms with Crippen LogP contribution in [0.1, 0.15) is 11.1 Å². The lowest BCUT2D eigenvalue weighted by atomic mass is 10.1. The van der Waals surface area contributed by atoms with E-state index in [0.29, 0.717) is 10.8 Å². The molecule has 7 nitrogen and oxygen atoms in total. The van der Waals surface area contributed by atoms with E-state index in [0.717, 1.165) is 17.5 Å². The van der Waals surface area contributed by atoms with E-state index < -0.39 is 10.6 Å². The molecule has 0 fully saturated rings. The summed E-state index contributed by atoms with van der Waals surface area (Å²) in [7, 11) is 0. The van der Waals surface area contributed by atoms with E-state index >= 15 is 0 Å². The first-order chi connectivity index (χ1) is 9.40. The number of anilines is 1. The lowest BCUT2D eigenvalue weighted by molar-refractivity contribution is -0.385. The molecular weight excluding hydrogens is 284 g/mol. The number of hydrogen-bond donors (Lipinski definition) is 1. The molecule has 2 rings (SSSR count). The van der Waals surface area contributed by atoms with Crippen LogP contribution >= 0.6 is 11.6 Å². The largest absolute Gasteiger partial charge is 0.434 e. The summed E-state index contributed by atoms with van der Waals surface area (Å²) in [6.07, 6.45) is 1.10. The highest BCUT2D eigenvalue weighted by molar-refractivity contribution is 6.32. The first-order valence-electron chi connectivity index (χ1n) is 5.59. The van der Waals surface area contributed by atoms with Gasteiger partial charge in [-0.2, -0.15) is 4.98 Å². The van der Waals surface area contributed by atoms with Gasteiger partial charge in [-0.3, -0.25) is 10.1 Å². The summed E-state index contributed by atoms with van der Waals surface area (Å²) in [4.78, 5) is 17.6. The third-order valence-corrected chi connectivity index (χ3v) is 3.22. The summed E-state index contributed by atoms with van der Waals surface area (Å²) < 4.78 is 5.44. The van der Waals surface area contributed by atoms with Crippen molar-refractivity contribution in [2.24, 2.45) is 0 Å². The third-order valence-electron chi connectivity index (χ3n) is 2.62. The summed E-state index contributed by atoms with van der Waals surface area (Å²) >= 11 is 6.05. The van der Waals surface area contributed by atoms with Crippen molar-refractivity contribution < 1.29 is 9.66 Å². The molecule has 0 aliphatic heterocycles. The Kier molecular flexibility index (Phi) is 3.71. The molecule has 1 aromatic heterocycles. The number of nitrogen functional groups attached to an aromatic ring is 1. The van der Waals surface area contributed by atoms with Gasteiger partial charge in [0.2, 0.25) is 5.82 Å². The third kappa shape index (κ3) is 2.62. The number of nitrogens with zero attached hydrogens (tertiary/aromatic N) is 3. The van der Waals surface area contributed by atoms with E-state index in [1.165, 1.54) is 0 Å². The van der Waals surface area contributed by atoms with Crippen LogP contribution in [0.4, 0.5) is 11.5 Å². The maximum Gasteiger partial charge on any atom is 0.372 e. The average Bonchev–Trinajstić information content (AvgIpc) is 2.35. The lowest BCUT2D eigenvalue weighted by Crippen LogP contribution is -2.02. The van der Waals surface area contributed by atoms with Crippen LogP contribution in [-0.2, 0) is 0 Å². The second kappa shape index (κ2) is 5.30. The monoisotopic (exact) mass is 294 g/mol. The second-order valence-corrected chi connectivity index (χ2v) is 4.52. The molecule has 0 aliphatic rings. The number of hydrogen-bond acceptors (Lipinski definition) is 6. The zero-order chi connectivity index (χ0) is 14.9. The van der Waals surface area contributed by atoms with Gasteiger partial charge in [0.1, 0.15) is 12.1 Å². The lowest BCUT2D eigenvalue weighted by Gasteiger charge is -2.09.